The lowest BCUT2D eigenvalue weighted by molar-refractivity contribution is -0.384. The molecule has 44 heavy (non-hydrogen) atoms. The van der Waals surface area contributed by atoms with E-state index in [1.165, 1.54) is 42.4 Å². The molecule has 2 aliphatic rings. The molecule has 2 aromatic carbocycles. The maximum absolute atomic E-state index is 13.8. The molecule has 1 fully saturated rings. The highest BCUT2D eigenvalue weighted by atomic mass is 16.6. The number of nitrogens with one attached hydrogen (secondary N) is 2. The number of ether oxygens (including phenoxy) is 2. The van der Waals surface area contributed by atoms with E-state index in [4.69, 9.17) is 9.47 Å². The first-order valence-electron chi connectivity index (χ1n) is 14.3. The van der Waals surface area contributed by atoms with Gasteiger partial charge in [-0.1, -0.05) is 56.3 Å². The number of nitrogens with zero attached hydrogens (tertiary/aromatic N) is 3. The number of carbonyl (C=O) groups excluding carboxylic acids is 4. The Hall–Kier alpha value is -4.78. The van der Waals surface area contributed by atoms with Gasteiger partial charge in [0.25, 0.3) is 11.6 Å². The zero-order valence-corrected chi connectivity index (χ0v) is 25.5. The van der Waals surface area contributed by atoms with Gasteiger partial charge < -0.3 is 20.1 Å². The van der Waals surface area contributed by atoms with Gasteiger partial charge in [-0.25, -0.2) is 14.6 Å². The van der Waals surface area contributed by atoms with E-state index in [2.05, 4.69) is 10.6 Å². The zero-order chi connectivity index (χ0) is 32.3. The summed E-state index contributed by atoms with van der Waals surface area (Å²) in [5, 5.41) is 19.6. The normalized spacial score (nSPS) is 20.5. The average molecular weight is 608 g/mol. The Labute approximate surface area is 255 Å². The molecule has 2 N–H and O–H groups in total. The minimum absolute atomic E-state index is 0.0138. The summed E-state index contributed by atoms with van der Waals surface area (Å²) in [6.45, 7) is 10.4. The Kier molecular flexibility index (Phi) is 9.38. The van der Waals surface area contributed by atoms with Crippen molar-refractivity contribution in [2.24, 2.45) is 5.92 Å². The maximum atomic E-state index is 13.8. The molecule has 4 atom stereocenters. The van der Waals surface area contributed by atoms with Gasteiger partial charge in [0.2, 0.25) is 0 Å². The molecule has 0 spiro atoms. The zero-order valence-electron chi connectivity index (χ0n) is 25.5. The number of carbonyl (C=O) groups is 4. The molecule has 3 amide bonds. The quantitative estimate of drug-likeness (QED) is 0.311. The van der Waals surface area contributed by atoms with Crippen LogP contribution >= 0.6 is 0 Å². The summed E-state index contributed by atoms with van der Waals surface area (Å²) < 4.78 is 10.7. The molecule has 0 aromatic heterocycles. The molecule has 0 aliphatic carbocycles. The predicted octanol–water partition coefficient (Wildman–Crippen LogP) is 4.39. The third-order valence-corrected chi connectivity index (χ3v) is 7.21. The summed E-state index contributed by atoms with van der Waals surface area (Å²) >= 11 is 0. The van der Waals surface area contributed by atoms with Crippen LogP contribution in [-0.2, 0) is 25.7 Å². The summed E-state index contributed by atoms with van der Waals surface area (Å²) in [6.07, 6.45) is -0.155. The Balaban J connectivity index is 1.64. The number of fused-ring (bicyclic) bond motifs is 1. The van der Waals surface area contributed by atoms with Gasteiger partial charge in [-0.05, 0) is 44.7 Å². The summed E-state index contributed by atoms with van der Waals surface area (Å²) in [5.74, 6) is -1.16. The Morgan fingerprint density at radius 2 is 1.64 bits per heavy atom. The summed E-state index contributed by atoms with van der Waals surface area (Å²) in [6, 6.07) is 11.3. The van der Waals surface area contributed by atoms with Crippen LogP contribution in [0.1, 0.15) is 58.7 Å². The van der Waals surface area contributed by atoms with Crippen molar-refractivity contribution in [3.63, 3.8) is 0 Å². The molecule has 0 bridgehead atoms. The molecule has 13 heteroatoms. The van der Waals surface area contributed by atoms with Crippen molar-refractivity contribution in [1.82, 2.24) is 20.7 Å². The Bertz CT molecular complexity index is 1450. The number of hydrazine groups is 1. The molecule has 234 valence electrons. The number of ketones is 1. The largest absolute Gasteiger partial charge is 0.445 e. The molecule has 4 rings (SSSR count). The number of nitro benzene ring substituents is 1. The van der Waals surface area contributed by atoms with Gasteiger partial charge in [-0.3, -0.25) is 19.7 Å². The topological polar surface area (TPSA) is 160 Å². The van der Waals surface area contributed by atoms with Crippen LogP contribution < -0.4 is 10.6 Å². The molecule has 13 nitrogen and oxygen atoms in total. The van der Waals surface area contributed by atoms with Gasteiger partial charge in [0, 0.05) is 23.9 Å². The fourth-order valence-corrected chi connectivity index (χ4v) is 5.31. The van der Waals surface area contributed by atoms with Crippen LogP contribution in [0.2, 0.25) is 0 Å². The standard InChI is InChI=1S/C31H37N5O8/c1-18(2)25-24(33-29(39)43-17-20-10-8-7-9-11-20)28(38)34-16-23(27(37)19(3)32-30(40)44-31(4,5)6)26(35(25)34)21-12-14-22(15-13-21)36(41)42/h7-16,18-19,24-26H,17H2,1-6H3,(H,32,40)(H,33,39)/t19-,24+,25+,26-/m0/s1. The lowest BCUT2D eigenvalue weighted by Gasteiger charge is -2.35. The van der Waals surface area contributed by atoms with Gasteiger partial charge in [0.1, 0.15) is 18.2 Å². The second-order valence-electron chi connectivity index (χ2n) is 12.0. The van der Waals surface area contributed by atoms with E-state index in [-0.39, 0.29) is 23.8 Å². The Morgan fingerprint density at radius 3 is 2.20 bits per heavy atom. The number of nitro groups is 1. The second kappa shape index (κ2) is 12.8. The first-order valence-corrected chi connectivity index (χ1v) is 14.3. The predicted molar refractivity (Wildman–Crippen MR) is 159 cm³/mol. The molecule has 0 saturated carbocycles. The number of alkyl carbamates (subject to hydrolysis) is 2. The van der Waals surface area contributed by atoms with Crippen LogP contribution in [-0.4, -0.2) is 62.5 Å². The van der Waals surface area contributed by atoms with E-state index in [1.54, 1.807) is 25.8 Å². The molecule has 0 radical (unpaired) electrons. The number of hydrogen-bond acceptors (Lipinski definition) is 9. The van der Waals surface area contributed by atoms with E-state index in [1.807, 2.05) is 44.2 Å². The van der Waals surface area contributed by atoms with Crippen molar-refractivity contribution in [1.29, 1.82) is 0 Å². The number of rotatable bonds is 9. The Morgan fingerprint density at radius 1 is 1.00 bits per heavy atom. The van der Waals surface area contributed by atoms with Crippen LogP contribution in [0.5, 0.6) is 0 Å². The minimum Gasteiger partial charge on any atom is -0.445 e. The number of benzene rings is 2. The van der Waals surface area contributed by atoms with Crippen molar-refractivity contribution in [2.45, 2.75) is 77.9 Å². The first kappa shape index (κ1) is 32.1. The van der Waals surface area contributed by atoms with E-state index in [0.29, 0.717) is 5.56 Å². The van der Waals surface area contributed by atoms with Gasteiger partial charge in [-0.15, -0.1) is 0 Å². The lowest BCUT2D eigenvalue weighted by Crippen LogP contribution is -2.51. The average Bonchev–Trinajstić information content (AvgIpc) is 3.45. The number of non-ortho nitro benzene ring substituents is 1. The third-order valence-electron chi connectivity index (χ3n) is 7.21. The number of amides is 3. The highest BCUT2D eigenvalue weighted by molar-refractivity contribution is 6.03. The SMILES string of the molecule is CC(C)[C@@H]1[C@@H](NC(=O)OCc2ccccc2)C(=O)N2C=C(C(=O)[C@H](C)NC(=O)OC(C)(C)C)[C@H](c3ccc([N+](=O)[O-])cc3)N12. The highest BCUT2D eigenvalue weighted by Gasteiger charge is 2.56. The summed E-state index contributed by atoms with van der Waals surface area (Å²) in [5.41, 5.74) is 0.554. The summed E-state index contributed by atoms with van der Waals surface area (Å²) in [4.78, 5) is 63.6. The third kappa shape index (κ3) is 7.05. The van der Waals surface area contributed by atoms with E-state index >= 15 is 0 Å². The molecular formula is C31H37N5O8. The van der Waals surface area contributed by atoms with Gasteiger partial charge in [0.15, 0.2) is 5.78 Å². The van der Waals surface area contributed by atoms with Crippen molar-refractivity contribution in [3.05, 3.63) is 87.6 Å². The van der Waals surface area contributed by atoms with Gasteiger partial charge in [-0.2, -0.15) is 5.01 Å². The lowest BCUT2D eigenvalue weighted by atomic mass is 9.89. The van der Waals surface area contributed by atoms with E-state index in [9.17, 15) is 29.3 Å². The highest BCUT2D eigenvalue weighted by Crippen LogP contribution is 2.44. The van der Waals surface area contributed by atoms with Crippen LogP contribution in [0.4, 0.5) is 15.3 Å². The minimum atomic E-state index is -1.02. The maximum Gasteiger partial charge on any atom is 0.408 e. The molecular weight excluding hydrogens is 570 g/mol. The molecule has 1 saturated heterocycles. The van der Waals surface area contributed by atoms with Crippen LogP contribution in [0.25, 0.3) is 0 Å². The first-order chi connectivity index (χ1) is 20.7. The number of Topliss-reactive ketones (excluding diaryl/α,β-unsaturated/α-hetero) is 1. The van der Waals surface area contributed by atoms with Gasteiger partial charge in [0.05, 0.1) is 23.0 Å². The van der Waals surface area contributed by atoms with Gasteiger partial charge >= 0.3 is 12.2 Å². The molecule has 2 aliphatic heterocycles. The van der Waals surface area contributed by atoms with Crippen molar-refractivity contribution >= 4 is 29.6 Å². The molecule has 0 unspecified atom stereocenters. The second-order valence-corrected chi connectivity index (χ2v) is 12.0. The smallest absolute Gasteiger partial charge is 0.408 e. The van der Waals surface area contributed by atoms with Crippen molar-refractivity contribution in [3.8, 4) is 0 Å². The fraction of sp³-hybridized carbons (Fsp3) is 0.419. The summed E-state index contributed by atoms with van der Waals surface area (Å²) in [7, 11) is 0. The van der Waals surface area contributed by atoms with Crippen LogP contribution in [0.3, 0.4) is 0 Å². The fourth-order valence-electron chi connectivity index (χ4n) is 5.31. The van der Waals surface area contributed by atoms with E-state index < -0.39 is 58.6 Å². The van der Waals surface area contributed by atoms with Crippen LogP contribution in [0, 0.1) is 16.0 Å². The molecule has 2 aromatic rings. The monoisotopic (exact) mass is 607 g/mol. The molecule has 2 heterocycles. The van der Waals surface area contributed by atoms with Crippen molar-refractivity contribution < 1.29 is 33.6 Å². The van der Waals surface area contributed by atoms with Crippen LogP contribution in [0.15, 0.2) is 66.4 Å². The van der Waals surface area contributed by atoms with E-state index in [0.717, 1.165) is 5.56 Å². The van der Waals surface area contributed by atoms with Crippen molar-refractivity contribution in [2.75, 3.05) is 0 Å². The number of hydrogen-bond donors (Lipinski definition) is 2.